The second-order valence-electron chi connectivity index (χ2n) is 6.19. The van der Waals surface area contributed by atoms with Gasteiger partial charge in [0.15, 0.2) is 0 Å². The maximum atomic E-state index is 10.8. The van der Waals surface area contributed by atoms with E-state index in [2.05, 4.69) is 18.2 Å². The smallest absolute Gasteiger partial charge is 0.268 e. The first kappa shape index (κ1) is 17.3. The zero-order valence-corrected chi connectivity index (χ0v) is 15.7. The van der Waals surface area contributed by atoms with E-state index in [-0.39, 0.29) is 5.75 Å². The predicted octanol–water partition coefficient (Wildman–Crippen LogP) is 6.16. The molecule has 0 fully saturated rings. The third-order valence-electron chi connectivity index (χ3n) is 4.56. The number of nitrogens with zero attached hydrogens (tertiary/aromatic N) is 1. The Morgan fingerprint density at radius 2 is 1.48 bits per heavy atom. The van der Waals surface area contributed by atoms with Crippen molar-refractivity contribution < 1.29 is 9.84 Å². The van der Waals surface area contributed by atoms with Gasteiger partial charge in [0.2, 0.25) is 0 Å². The number of fused-ring (bicyclic) bond motifs is 2. The van der Waals surface area contributed by atoms with Crippen molar-refractivity contribution in [3.63, 3.8) is 0 Å². The number of rotatable bonds is 3. The summed E-state index contributed by atoms with van der Waals surface area (Å²) in [6.07, 6.45) is 0. The largest absolute Gasteiger partial charge is 0.506 e. The molecule has 4 aromatic rings. The Morgan fingerprint density at radius 3 is 2.22 bits per heavy atom. The SMILES string of the molecule is CCOC(=S)N(c1cccc2ccccc12)c1c(O)ccc2ccccc12. The lowest BCUT2D eigenvalue weighted by Crippen LogP contribution is -2.27. The standard InChI is InChI=1S/C23H19NO2S/c1-2-26-23(27)24(20-13-7-10-16-8-3-5-11-18(16)20)22-19-12-6-4-9-17(19)14-15-21(22)25/h3-15,25H,2H2,1H3. The van der Waals surface area contributed by atoms with Gasteiger partial charge in [0.1, 0.15) is 5.75 Å². The zero-order valence-electron chi connectivity index (χ0n) is 14.9. The van der Waals surface area contributed by atoms with Gasteiger partial charge in [0, 0.05) is 10.8 Å². The van der Waals surface area contributed by atoms with Crippen LogP contribution in [0, 0.1) is 0 Å². The molecule has 4 rings (SSSR count). The van der Waals surface area contributed by atoms with Crippen LogP contribution in [0.5, 0.6) is 5.75 Å². The molecule has 0 bridgehead atoms. The van der Waals surface area contributed by atoms with Crippen molar-refractivity contribution in [3.8, 4) is 5.75 Å². The van der Waals surface area contributed by atoms with Gasteiger partial charge >= 0.3 is 0 Å². The fourth-order valence-corrected chi connectivity index (χ4v) is 3.69. The molecule has 0 aliphatic carbocycles. The maximum Gasteiger partial charge on any atom is 0.268 e. The molecule has 0 unspecified atom stereocenters. The van der Waals surface area contributed by atoms with Gasteiger partial charge < -0.3 is 9.84 Å². The molecule has 0 aromatic heterocycles. The van der Waals surface area contributed by atoms with E-state index in [1.807, 2.05) is 66.4 Å². The minimum Gasteiger partial charge on any atom is -0.506 e. The number of hydrogen-bond donors (Lipinski definition) is 1. The molecular formula is C23H19NO2S. The Kier molecular flexibility index (Phi) is 4.65. The van der Waals surface area contributed by atoms with E-state index in [4.69, 9.17) is 17.0 Å². The van der Waals surface area contributed by atoms with Crippen LogP contribution in [0.25, 0.3) is 21.5 Å². The van der Waals surface area contributed by atoms with Crippen LogP contribution < -0.4 is 4.90 Å². The Balaban J connectivity index is 2.04. The molecule has 0 aliphatic rings. The zero-order chi connectivity index (χ0) is 18.8. The molecular weight excluding hydrogens is 354 g/mol. The number of anilines is 2. The molecule has 0 saturated carbocycles. The first-order valence-electron chi connectivity index (χ1n) is 8.86. The van der Waals surface area contributed by atoms with E-state index in [0.29, 0.717) is 17.5 Å². The number of phenolic OH excluding ortho intramolecular Hbond substituents is 1. The number of ether oxygens (including phenoxy) is 1. The summed E-state index contributed by atoms with van der Waals surface area (Å²) in [6.45, 7) is 2.35. The van der Waals surface area contributed by atoms with Gasteiger partial charge in [-0.2, -0.15) is 0 Å². The third-order valence-corrected chi connectivity index (χ3v) is 4.86. The summed E-state index contributed by atoms with van der Waals surface area (Å²) in [5.74, 6) is 0.156. The number of aromatic hydroxyl groups is 1. The summed E-state index contributed by atoms with van der Waals surface area (Å²) >= 11 is 5.62. The van der Waals surface area contributed by atoms with Gasteiger partial charge in [0.05, 0.1) is 18.0 Å². The summed E-state index contributed by atoms with van der Waals surface area (Å²) in [7, 11) is 0. The van der Waals surface area contributed by atoms with Gasteiger partial charge in [-0.05, 0) is 42.0 Å². The Hall–Kier alpha value is -3.11. The second kappa shape index (κ2) is 7.25. The number of thiocarbonyl (C=S) groups is 1. The Labute approximate surface area is 163 Å². The molecule has 0 amide bonds. The lowest BCUT2D eigenvalue weighted by Gasteiger charge is -2.28. The predicted molar refractivity (Wildman–Crippen MR) is 116 cm³/mol. The van der Waals surface area contributed by atoms with Gasteiger partial charge in [-0.15, -0.1) is 0 Å². The van der Waals surface area contributed by atoms with Crippen LogP contribution in [-0.4, -0.2) is 16.9 Å². The molecule has 4 heteroatoms. The molecule has 1 N–H and O–H groups in total. The second-order valence-corrected chi connectivity index (χ2v) is 6.54. The minimum absolute atomic E-state index is 0.156. The Bertz CT molecular complexity index is 1130. The summed E-state index contributed by atoms with van der Waals surface area (Å²) in [4.78, 5) is 1.83. The van der Waals surface area contributed by atoms with E-state index in [0.717, 1.165) is 27.2 Å². The van der Waals surface area contributed by atoms with Crippen molar-refractivity contribution in [1.82, 2.24) is 0 Å². The van der Waals surface area contributed by atoms with Crippen LogP contribution in [0.4, 0.5) is 11.4 Å². The first-order chi connectivity index (χ1) is 13.2. The molecule has 0 atom stereocenters. The highest BCUT2D eigenvalue weighted by Crippen LogP contribution is 2.42. The molecule has 134 valence electrons. The molecule has 3 nitrogen and oxygen atoms in total. The van der Waals surface area contributed by atoms with Crippen molar-refractivity contribution in [3.05, 3.63) is 78.9 Å². The van der Waals surface area contributed by atoms with Crippen LogP contribution in [0.2, 0.25) is 0 Å². The summed E-state index contributed by atoms with van der Waals surface area (Å²) in [5, 5.41) is 15.1. The fourth-order valence-electron chi connectivity index (χ4n) is 3.38. The fraction of sp³-hybridized carbons (Fsp3) is 0.0870. The lowest BCUT2D eigenvalue weighted by atomic mass is 10.0. The summed E-state index contributed by atoms with van der Waals surface area (Å²) in [5.41, 5.74) is 1.50. The van der Waals surface area contributed by atoms with Crippen LogP contribution >= 0.6 is 12.2 Å². The number of hydrogen-bond acceptors (Lipinski definition) is 3. The summed E-state index contributed by atoms with van der Waals surface area (Å²) in [6, 6.07) is 25.7. The molecule has 0 aliphatic heterocycles. The highest BCUT2D eigenvalue weighted by atomic mass is 32.1. The van der Waals surface area contributed by atoms with Gasteiger partial charge in [-0.25, -0.2) is 0 Å². The van der Waals surface area contributed by atoms with E-state index in [1.165, 1.54) is 0 Å². The van der Waals surface area contributed by atoms with E-state index in [1.54, 1.807) is 6.07 Å². The highest BCUT2D eigenvalue weighted by Gasteiger charge is 2.23. The molecule has 0 saturated heterocycles. The monoisotopic (exact) mass is 373 g/mol. The summed E-state index contributed by atoms with van der Waals surface area (Å²) < 4.78 is 5.71. The molecule has 0 heterocycles. The molecule has 0 spiro atoms. The van der Waals surface area contributed by atoms with Crippen molar-refractivity contribution in [1.29, 1.82) is 0 Å². The average Bonchev–Trinajstić information content (AvgIpc) is 2.70. The van der Waals surface area contributed by atoms with Gasteiger partial charge in [-0.1, -0.05) is 66.7 Å². The van der Waals surface area contributed by atoms with Gasteiger partial charge in [-0.3, -0.25) is 4.90 Å². The van der Waals surface area contributed by atoms with Crippen LogP contribution in [0.15, 0.2) is 78.9 Å². The topological polar surface area (TPSA) is 32.7 Å². The van der Waals surface area contributed by atoms with E-state index < -0.39 is 0 Å². The van der Waals surface area contributed by atoms with Gasteiger partial charge in [0.25, 0.3) is 5.17 Å². The van der Waals surface area contributed by atoms with Crippen molar-refractivity contribution >= 4 is 50.3 Å². The van der Waals surface area contributed by atoms with Crippen molar-refractivity contribution in [2.24, 2.45) is 0 Å². The van der Waals surface area contributed by atoms with Crippen LogP contribution in [-0.2, 0) is 4.74 Å². The maximum absolute atomic E-state index is 10.8. The lowest BCUT2D eigenvalue weighted by molar-refractivity contribution is 0.330. The van der Waals surface area contributed by atoms with Crippen molar-refractivity contribution in [2.45, 2.75) is 6.92 Å². The first-order valence-corrected chi connectivity index (χ1v) is 9.27. The minimum atomic E-state index is 0.156. The normalized spacial score (nSPS) is 10.9. The van der Waals surface area contributed by atoms with E-state index in [9.17, 15) is 5.11 Å². The number of benzene rings is 4. The highest BCUT2D eigenvalue weighted by molar-refractivity contribution is 7.80. The van der Waals surface area contributed by atoms with E-state index >= 15 is 0 Å². The van der Waals surface area contributed by atoms with Crippen molar-refractivity contribution in [2.75, 3.05) is 11.5 Å². The Morgan fingerprint density at radius 1 is 0.852 bits per heavy atom. The van der Waals surface area contributed by atoms with Crippen LogP contribution in [0.1, 0.15) is 6.92 Å². The average molecular weight is 373 g/mol. The van der Waals surface area contributed by atoms with Crippen LogP contribution in [0.3, 0.4) is 0 Å². The quantitative estimate of drug-likeness (QED) is 0.436. The molecule has 27 heavy (non-hydrogen) atoms. The molecule has 4 aromatic carbocycles. The molecule has 0 radical (unpaired) electrons. The number of phenols is 1. The third kappa shape index (κ3) is 3.09.